The first kappa shape index (κ1) is 16.6. The fourth-order valence-corrected chi connectivity index (χ4v) is 4.48. The lowest BCUT2D eigenvalue weighted by Gasteiger charge is -2.30. The van der Waals surface area contributed by atoms with Crippen LogP contribution in [0.1, 0.15) is 49.6 Å². The SMILES string of the molecule is CCn1c(S[C@@H](C)C(=O)N2CCc3ccccc3C2)nnc1C1CC1. The number of carbonyl (C=O) groups is 1. The minimum atomic E-state index is -0.146. The van der Waals surface area contributed by atoms with Crippen LogP contribution >= 0.6 is 11.8 Å². The van der Waals surface area contributed by atoms with Gasteiger partial charge in [-0.1, -0.05) is 36.0 Å². The fourth-order valence-electron chi connectivity index (χ4n) is 3.48. The van der Waals surface area contributed by atoms with Crippen molar-refractivity contribution in [2.24, 2.45) is 0 Å². The molecule has 1 aliphatic heterocycles. The van der Waals surface area contributed by atoms with Crippen LogP contribution < -0.4 is 0 Å². The Hall–Kier alpha value is -1.82. The molecule has 0 saturated heterocycles. The molecule has 1 saturated carbocycles. The highest BCUT2D eigenvalue weighted by Crippen LogP contribution is 2.40. The fraction of sp³-hybridized carbons (Fsp3) is 0.526. The van der Waals surface area contributed by atoms with Crippen LogP contribution in [0.3, 0.4) is 0 Å². The van der Waals surface area contributed by atoms with Crippen molar-refractivity contribution in [3.63, 3.8) is 0 Å². The zero-order valence-electron chi connectivity index (χ0n) is 14.8. The van der Waals surface area contributed by atoms with Gasteiger partial charge in [-0.25, -0.2) is 0 Å². The van der Waals surface area contributed by atoms with Gasteiger partial charge in [0.05, 0.1) is 5.25 Å². The van der Waals surface area contributed by atoms with Crippen molar-refractivity contribution < 1.29 is 4.79 Å². The first-order chi connectivity index (χ1) is 12.2. The Morgan fingerprint density at radius 2 is 2.04 bits per heavy atom. The van der Waals surface area contributed by atoms with Gasteiger partial charge in [0.25, 0.3) is 0 Å². The summed E-state index contributed by atoms with van der Waals surface area (Å²) in [6.45, 7) is 6.48. The molecule has 1 fully saturated rings. The second-order valence-corrected chi connectivity index (χ2v) is 8.21. The molecule has 25 heavy (non-hydrogen) atoms. The Morgan fingerprint density at radius 3 is 2.76 bits per heavy atom. The molecule has 4 rings (SSSR count). The minimum Gasteiger partial charge on any atom is -0.337 e. The van der Waals surface area contributed by atoms with Crippen LogP contribution in [0.4, 0.5) is 0 Å². The van der Waals surface area contributed by atoms with Crippen LogP contribution in [0.25, 0.3) is 0 Å². The predicted molar refractivity (Wildman–Crippen MR) is 98.6 cm³/mol. The molecule has 0 N–H and O–H groups in total. The third-order valence-electron chi connectivity index (χ3n) is 5.08. The summed E-state index contributed by atoms with van der Waals surface area (Å²) in [5, 5.41) is 9.46. The van der Waals surface area contributed by atoms with Crippen LogP contribution in [0.5, 0.6) is 0 Å². The Labute approximate surface area is 152 Å². The molecule has 1 aromatic heterocycles. The largest absolute Gasteiger partial charge is 0.337 e. The molecular weight excluding hydrogens is 332 g/mol. The van der Waals surface area contributed by atoms with Crippen molar-refractivity contribution >= 4 is 17.7 Å². The van der Waals surface area contributed by atoms with Gasteiger partial charge in [0, 0.05) is 25.6 Å². The molecule has 0 unspecified atom stereocenters. The Morgan fingerprint density at radius 1 is 1.28 bits per heavy atom. The number of hydrogen-bond acceptors (Lipinski definition) is 4. The quantitative estimate of drug-likeness (QED) is 0.772. The summed E-state index contributed by atoms with van der Waals surface area (Å²) in [4.78, 5) is 14.9. The maximum atomic E-state index is 12.9. The molecule has 2 aliphatic rings. The molecule has 132 valence electrons. The van der Waals surface area contributed by atoms with Crippen LogP contribution in [-0.4, -0.2) is 37.4 Å². The van der Waals surface area contributed by atoms with Gasteiger partial charge in [0.2, 0.25) is 5.91 Å². The van der Waals surface area contributed by atoms with Crippen molar-refractivity contribution in [3.05, 3.63) is 41.2 Å². The minimum absolute atomic E-state index is 0.146. The van der Waals surface area contributed by atoms with Crippen LogP contribution in [0, 0.1) is 0 Å². The van der Waals surface area contributed by atoms with Gasteiger partial charge >= 0.3 is 0 Å². The molecule has 1 atom stereocenters. The van der Waals surface area contributed by atoms with Crippen molar-refractivity contribution in [2.45, 2.75) is 62.5 Å². The van der Waals surface area contributed by atoms with Crippen LogP contribution in [0.15, 0.2) is 29.4 Å². The lowest BCUT2D eigenvalue weighted by molar-refractivity contribution is -0.131. The zero-order valence-corrected chi connectivity index (χ0v) is 15.6. The van der Waals surface area contributed by atoms with Crippen LogP contribution in [0.2, 0.25) is 0 Å². The number of amides is 1. The highest BCUT2D eigenvalue weighted by atomic mass is 32.2. The molecule has 0 bridgehead atoms. The van der Waals surface area contributed by atoms with Gasteiger partial charge in [0.1, 0.15) is 5.82 Å². The van der Waals surface area contributed by atoms with Crippen molar-refractivity contribution in [2.75, 3.05) is 6.54 Å². The molecule has 1 aromatic carbocycles. The number of aromatic nitrogens is 3. The van der Waals surface area contributed by atoms with E-state index in [2.05, 4.69) is 39.9 Å². The van der Waals surface area contributed by atoms with E-state index in [1.807, 2.05) is 17.9 Å². The maximum Gasteiger partial charge on any atom is 0.236 e. The molecule has 1 amide bonds. The second-order valence-electron chi connectivity index (χ2n) is 6.90. The highest BCUT2D eigenvalue weighted by Gasteiger charge is 2.31. The maximum absolute atomic E-state index is 12.9. The molecule has 6 heteroatoms. The van der Waals surface area contributed by atoms with Gasteiger partial charge < -0.3 is 9.47 Å². The molecule has 1 aliphatic carbocycles. The number of benzene rings is 1. The highest BCUT2D eigenvalue weighted by molar-refractivity contribution is 8.00. The zero-order chi connectivity index (χ0) is 17.4. The number of thioether (sulfide) groups is 1. The number of nitrogens with zero attached hydrogens (tertiary/aromatic N) is 4. The topological polar surface area (TPSA) is 51.0 Å². The first-order valence-corrected chi connectivity index (χ1v) is 10.0. The summed E-state index contributed by atoms with van der Waals surface area (Å²) < 4.78 is 2.18. The Balaban J connectivity index is 1.45. The molecule has 2 heterocycles. The number of rotatable bonds is 5. The lowest BCUT2D eigenvalue weighted by atomic mass is 10.00. The third kappa shape index (κ3) is 3.32. The summed E-state index contributed by atoms with van der Waals surface area (Å²) in [7, 11) is 0. The average molecular weight is 356 g/mol. The van der Waals surface area contributed by atoms with Gasteiger partial charge in [-0.3, -0.25) is 4.79 Å². The number of carbonyl (C=O) groups excluding carboxylic acids is 1. The van der Waals surface area contributed by atoms with Crippen molar-refractivity contribution in [1.82, 2.24) is 19.7 Å². The molecule has 0 radical (unpaired) electrons. The summed E-state index contributed by atoms with van der Waals surface area (Å²) >= 11 is 1.54. The summed E-state index contributed by atoms with van der Waals surface area (Å²) in [5.74, 6) is 1.86. The second kappa shape index (κ2) is 6.83. The Kier molecular flexibility index (Phi) is 4.54. The smallest absolute Gasteiger partial charge is 0.236 e. The standard InChI is InChI=1S/C19H24N4OS/c1-3-23-17(15-8-9-15)20-21-19(23)25-13(2)18(24)22-11-10-14-6-4-5-7-16(14)12-22/h4-7,13,15H,3,8-12H2,1-2H3/t13-/m0/s1. The van der Waals surface area contributed by atoms with E-state index in [0.29, 0.717) is 12.5 Å². The predicted octanol–water partition coefficient (Wildman–Crippen LogP) is 3.24. The Bertz CT molecular complexity index is 783. The van der Waals surface area contributed by atoms with Gasteiger partial charge in [-0.15, -0.1) is 10.2 Å². The first-order valence-electron chi connectivity index (χ1n) is 9.12. The number of fused-ring (bicyclic) bond motifs is 1. The summed E-state index contributed by atoms with van der Waals surface area (Å²) in [6.07, 6.45) is 3.37. The van der Waals surface area contributed by atoms with E-state index in [0.717, 1.165) is 30.5 Å². The van der Waals surface area contributed by atoms with E-state index in [1.165, 1.54) is 24.0 Å². The van der Waals surface area contributed by atoms with Gasteiger partial charge in [-0.2, -0.15) is 0 Å². The van der Waals surface area contributed by atoms with Crippen molar-refractivity contribution in [1.29, 1.82) is 0 Å². The van der Waals surface area contributed by atoms with Crippen molar-refractivity contribution in [3.8, 4) is 0 Å². The molecule has 0 spiro atoms. The number of hydrogen-bond donors (Lipinski definition) is 0. The molecular formula is C19H24N4OS. The van der Waals surface area contributed by atoms with Crippen LogP contribution in [-0.2, 0) is 24.3 Å². The van der Waals surface area contributed by atoms with E-state index in [1.54, 1.807) is 11.8 Å². The average Bonchev–Trinajstić information content (AvgIpc) is 3.41. The normalized spacial score (nSPS) is 18.1. The van der Waals surface area contributed by atoms with E-state index in [-0.39, 0.29) is 11.2 Å². The van der Waals surface area contributed by atoms with Gasteiger partial charge in [-0.05, 0) is 44.2 Å². The third-order valence-corrected chi connectivity index (χ3v) is 6.14. The summed E-state index contributed by atoms with van der Waals surface area (Å²) in [6, 6.07) is 8.42. The molecule has 5 nitrogen and oxygen atoms in total. The van der Waals surface area contributed by atoms with E-state index in [9.17, 15) is 4.79 Å². The molecule has 2 aromatic rings. The monoisotopic (exact) mass is 356 g/mol. The van der Waals surface area contributed by atoms with E-state index in [4.69, 9.17) is 0 Å². The van der Waals surface area contributed by atoms with E-state index >= 15 is 0 Å². The van der Waals surface area contributed by atoms with E-state index < -0.39 is 0 Å². The lowest BCUT2D eigenvalue weighted by Crippen LogP contribution is -2.40. The summed E-state index contributed by atoms with van der Waals surface area (Å²) in [5.41, 5.74) is 2.64. The van der Waals surface area contributed by atoms with Gasteiger partial charge in [0.15, 0.2) is 5.16 Å².